The lowest BCUT2D eigenvalue weighted by molar-refractivity contribution is -0.927. The van der Waals surface area contributed by atoms with Crippen LogP contribution in [0.3, 0.4) is 0 Å². The maximum absolute atomic E-state index is 12.5. The molecule has 2 aromatic heterocycles. The normalized spacial score (nSPS) is 15.1. The number of nitrogens with zero attached hydrogens (tertiary/aromatic N) is 4. The van der Waals surface area contributed by atoms with Gasteiger partial charge in [-0.1, -0.05) is 30.3 Å². The van der Waals surface area contributed by atoms with Crippen LogP contribution >= 0.6 is 23.6 Å². The van der Waals surface area contributed by atoms with Gasteiger partial charge in [-0.25, -0.2) is 9.67 Å². The van der Waals surface area contributed by atoms with Crippen molar-refractivity contribution in [3.05, 3.63) is 51.2 Å². The standard InChI is InChI=1S/C19H22N6OS2/c1-14-12-28-16(20-14)11-17(26)24-9-7-23(8-10-24)13-25-19(27)21-18(22-25)15-5-3-2-4-6-15/h2-6,12H,7-11,13H2,1H3,(H,21,22,27)/p+1. The summed E-state index contributed by atoms with van der Waals surface area (Å²) >= 11 is 6.97. The SMILES string of the molecule is Cc1csc(CC(=O)N2CC[NH+](Cn3[nH]c(-c4ccccc4)nc3=S)CC2)n1. The largest absolute Gasteiger partial charge is 0.331 e. The summed E-state index contributed by atoms with van der Waals surface area (Å²) in [6.07, 6.45) is 0.403. The first-order valence-corrected chi connectivity index (χ1v) is 10.6. The summed E-state index contributed by atoms with van der Waals surface area (Å²) < 4.78 is 2.48. The number of aromatic nitrogens is 4. The lowest BCUT2D eigenvalue weighted by Gasteiger charge is -2.32. The third-order valence-corrected chi connectivity index (χ3v) is 6.18. The highest BCUT2D eigenvalue weighted by Gasteiger charge is 2.24. The Morgan fingerprint density at radius 2 is 2.00 bits per heavy atom. The third-order valence-electron chi connectivity index (χ3n) is 4.90. The molecule has 4 rings (SSSR count). The fourth-order valence-corrected chi connectivity index (χ4v) is 4.33. The number of carbonyl (C=O) groups is 1. The van der Waals surface area contributed by atoms with E-state index in [1.807, 2.05) is 52.2 Å². The number of aryl methyl sites for hydroxylation is 1. The van der Waals surface area contributed by atoms with E-state index in [1.165, 1.54) is 4.90 Å². The van der Waals surface area contributed by atoms with E-state index in [9.17, 15) is 4.79 Å². The quantitative estimate of drug-likeness (QED) is 0.617. The predicted molar refractivity (Wildman–Crippen MR) is 111 cm³/mol. The summed E-state index contributed by atoms with van der Waals surface area (Å²) in [4.78, 5) is 24.7. The summed E-state index contributed by atoms with van der Waals surface area (Å²) in [5.41, 5.74) is 2.00. The minimum atomic E-state index is 0.165. The van der Waals surface area contributed by atoms with Crippen LogP contribution in [-0.2, 0) is 17.9 Å². The fourth-order valence-electron chi connectivity index (χ4n) is 3.37. The molecule has 146 valence electrons. The average molecular weight is 416 g/mol. The fraction of sp³-hybridized carbons (Fsp3) is 0.368. The van der Waals surface area contributed by atoms with E-state index in [2.05, 4.69) is 15.1 Å². The molecule has 1 aromatic carbocycles. The Labute approximate surface area is 172 Å². The van der Waals surface area contributed by atoms with Gasteiger partial charge in [0.2, 0.25) is 10.7 Å². The zero-order valence-electron chi connectivity index (χ0n) is 15.7. The number of thiazole rings is 1. The molecule has 9 heteroatoms. The van der Waals surface area contributed by atoms with Gasteiger partial charge in [0.1, 0.15) is 5.01 Å². The molecule has 0 bridgehead atoms. The number of hydrogen-bond acceptors (Lipinski definition) is 5. The monoisotopic (exact) mass is 415 g/mol. The van der Waals surface area contributed by atoms with Gasteiger partial charge in [-0.05, 0) is 19.1 Å². The molecule has 1 fully saturated rings. The van der Waals surface area contributed by atoms with Gasteiger partial charge < -0.3 is 9.80 Å². The summed E-state index contributed by atoms with van der Waals surface area (Å²) in [6.45, 7) is 5.98. The van der Waals surface area contributed by atoms with Crippen LogP contribution in [0, 0.1) is 11.7 Å². The van der Waals surface area contributed by atoms with E-state index in [-0.39, 0.29) is 5.91 Å². The van der Waals surface area contributed by atoms with Crippen molar-refractivity contribution < 1.29 is 9.69 Å². The second kappa shape index (κ2) is 8.34. The molecule has 2 N–H and O–H groups in total. The van der Waals surface area contributed by atoms with Crippen LogP contribution in [0.4, 0.5) is 0 Å². The molecule has 1 aliphatic heterocycles. The zero-order valence-corrected chi connectivity index (χ0v) is 17.4. The minimum Gasteiger partial charge on any atom is -0.331 e. The molecule has 1 saturated heterocycles. The number of rotatable bonds is 5. The second-order valence-corrected chi connectivity index (χ2v) is 8.30. The molecule has 0 atom stereocenters. The van der Waals surface area contributed by atoms with Crippen LogP contribution in [0.15, 0.2) is 35.7 Å². The molecule has 0 unspecified atom stereocenters. The lowest BCUT2D eigenvalue weighted by atomic mass is 10.2. The van der Waals surface area contributed by atoms with E-state index in [0.717, 1.165) is 54.9 Å². The van der Waals surface area contributed by atoms with Crippen LogP contribution < -0.4 is 4.90 Å². The Morgan fingerprint density at radius 1 is 1.25 bits per heavy atom. The molecule has 3 aromatic rings. The van der Waals surface area contributed by atoms with Crippen LogP contribution in [0.5, 0.6) is 0 Å². The van der Waals surface area contributed by atoms with Crippen molar-refractivity contribution >= 4 is 29.5 Å². The minimum absolute atomic E-state index is 0.165. The van der Waals surface area contributed by atoms with Gasteiger partial charge in [0.05, 0.1) is 32.6 Å². The van der Waals surface area contributed by atoms with E-state index in [1.54, 1.807) is 11.3 Å². The van der Waals surface area contributed by atoms with Gasteiger partial charge >= 0.3 is 0 Å². The number of H-pyrrole nitrogens is 1. The third kappa shape index (κ3) is 4.37. The van der Waals surface area contributed by atoms with Crippen molar-refractivity contribution in [3.63, 3.8) is 0 Å². The van der Waals surface area contributed by atoms with Crippen LogP contribution in [-0.4, -0.2) is 56.7 Å². The number of nitrogens with one attached hydrogen (secondary N) is 2. The predicted octanol–water partition coefficient (Wildman–Crippen LogP) is 1.30. The Balaban J connectivity index is 1.33. The van der Waals surface area contributed by atoms with Crippen molar-refractivity contribution in [1.82, 2.24) is 24.6 Å². The Morgan fingerprint density at radius 3 is 2.68 bits per heavy atom. The Kier molecular flexibility index (Phi) is 5.65. The zero-order chi connectivity index (χ0) is 19.5. The number of benzene rings is 1. The second-order valence-electron chi connectivity index (χ2n) is 7.00. The molecule has 0 saturated carbocycles. The molecule has 1 aliphatic rings. The summed E-state index contributed by atoms with van der Waals surface area (Å²) in [6, 6.07) is 9.98. The van der Waals surface area contributed by atoms with Crippen molar-refractivity contribution in [3.8, 4) is 11.4 Å². The molecular weight excluding hydrogens is 392 g/mol. The van der Waals surface area contributed by atoms with E-state index >= 15 is 0 Å². The molecule has 0 radical (unpaired) electrons. The van der Waals surface area contributed by atoms with Crippen molar-refractivity contribution in [2.45, 2.75) is 20.0 Å². The Bertz CT molecular complexity index is 1000. The molecule has 0 aliphatic carbocycles. The average Bonchev–Trinajstić information content (AvgIpc) is 3.28. The van der Waals surface area contributed by atoms with E-state index in [4.69, 9.17) is 12.2 Å². The smallest absolute Gasteiger partial charge is 0.229 e. The van der Waals surface area contributed by atoms with Gasteiger partial charge in [0.25, 0.3) is 0 Å². The molecule has 7 nitrogen and oxygen atoms in total. The molecule has 3 heterocycles. The number of aromatic amines is 1. The Hall–Kier alpha value is -2.36. The number of amides is 1. The van der Waals surface area contributed by atoms with Crippen LogP contribution in [0.1, 0.15) is 10.7 Å². The first kappa shape index (κ1) is 19.0. The van der Waals surface area contributed by atoms with Gasteiger partial charge in [0.15, 0.2) is 12.5 Å². The van der Waals surface area contributed by atoms with Crippen molar-refractivity contribution in [2.75, 3.05) is 26.2 Å². The molecule has 28 heavy (non-hydrogen) atoms. The molecule has 0 spiro atoms. The van der Waals surface area contributed by atoms with Gasteiger partial charge in [-0.15, -0.1) is 11.3 Å². The lowest BCUT2D eigenvalue weighted by Crippen LogP contribution is -3.14. The highest BCUT2D eigenvalue weighted by molar-refractivity contribution is 7.71. The molecular formula is C19H23N6OS2+. The maximum Gasteiger partial charge on any atom is 0.229 e. The number of hydrogen-bond donors (Lipinski definition) is 2. The van der Waals surface area contributed by atoms with Gasteiger partial charge in [-0.3, -0.25) is 9.89 Å². The summed E-state index contributed by atoms with van der Waals surface area (Å²) in [5, 5.41) is 6.19. The van der Waals surface area contributed by atoms with Crippen molar-refractivity contribution in [2.24, 2.45) is 0 Å². The highest BCUT2D eigenvalue weighted by Crippen LogP contribution is 2.13. The highest BCUT2D eigenvalue weighted by atomic mass is 32.1. The number of carbonyl (C=O) groups excluding carboxylic acids is 1. The summed E-state index contributed by atoms with van der Waals surface area (Å²) in [5.74, 6) is 0.954. The first-order valence-electron chi connectivity index (χ1n) is 9.33. The van der Waals surface area contributed by atoms with Crippen LogP contribution in [0.2, 0.25) is 0 Å². The summed E-state index contributed by atoms with van der Waals surface area (Å²) in [7, 11) is 0. The topological polar surface area (TPSA) is 71.2 Å². The number of quaternary nitrogens is 1. The van der Waals surface area contributed by atoms with E-state index in [0.29, 0.717) is 11.2 Å². The van der Waals surface area contributed by atoms with Crippen LogP contribution in [0.25, 0.3) is 11.4 Å². The molecule has 1 amide bonds. The van der Waals surface area contributed by atoms with Crippen molar-refractivity contribution in [1.29, 1.82) is 0 Å². The van der Waals surface area contributed by atoms with E-state index < -0.39 is 0 Å². The maximum atomic E-state index is 12.5. The van der Waals surface area contributed by atoms with Gasteiger partial charge in [0, 0.05) is 16.6 Å². The number of piperazine rings is 1. The van der Waals surface area contributed by atoms with Gasteiger partial charge in [-0.2, -0.15) is 4.98 Å². The first-order chi connectivity index (χ1) is 13.6.